The second-order valence-electron chi connectivity index (χ2n) is 13.0. The number of hydrogen-bond donors (Lipinski definition) is 0. The SMILES string of the molecule is C=C(C)C(=O)OCCOCCOCN(COCCOCCOC(=O)C(=C)C)c1nc(OCC)nc(N(COCCOCCOC(=O)C(=C)C)COCCOCCOC(=O)C(=C)C)n1. The summed E-state index contributed by atoms with van der Waals surface area (Å²) in [6, 6.07) is -0.00642. The van der Waals surface area contributed by atoms with E-state index in [-0.39, 0.29) is 179 Å². The number of carbonyl (C=O) groups is 4. The Morgan fingerprint density at radius 2 is 0.635 bits per heavy atom. The van der Waals surface area contributed by atoms with Gasteiger partial charge in [-0.05, 0) is 34.6 Å². The Hall–Kier alpha value is -5.07. The van der Waals surface area contributed by atoms with E-state index in [4.69, 9.17) is 61.6 Å². The predicted molar refractivity (Wildman–Crippen MR) is 226 cm³/mol. The maximum atomic E-state index is 11.6. The molecule has 1 rings (SSSR count). The van der Waals surface area contributed by atoms with Gasteiger partial charge in [0.2, 0.25) is 11.9 Å². The zero-order valence-corrected chi connectivity index (χ0v) is 37.4. The molecule has 0 saturated carbocycles. The third kappa shape index (κ3) is 28.3. The molecule has 63 heavy (non-hydrogen) atoms. The van der Waals surface area contributed by atoms with E-state index >= 15 is 0 Å². The average Bonchev–Trinajstić information content (AvgIpc) is 3.24. The monoisotopic (exact) mass is 899 g/mol. The van der Waals surface area contributed by atoms with Crippen LogP contribution in [0.2, 0.25) is 0 Å². The van der Waals surface area contributed by atoms with Crippen LogP contribution in [0, 0.1) is 0 Å². The summed E-state index contributed by atoms with van der Waals surface area (Å²) >= 11 is 0. The van der Waals surface area contributed by atoms with Crippen molar-refractivity contribution in [3.63, 3.8) is 0 Å². The highest BCUT2D eigenvalue weighted by atomic mass is 16.6. The third-order valence-electron chi connectivity index (χ3n) is 7.14. The first-order valence-electron chi connectivity index (χ1n) is 20.1. The van der Waals surface area contributed by atoms with Gasteiger partial charge >= 0.3 is 29.9 Å². The molecule has 1 heterocycles. The summed E-state index contributed by atoms with van der Waals surface area (Å²) in [6.07, 6.45) is 0. The van der Waals surface area contributed by atoms with E-state index < -0.39 is 23.9 Å². The third-order valence-corrected chi connectivity index (χ3v) is 7.14. The molecule has 0 amide bonds. The Morgan fingerprint density at radius 1 is 0.397 bits per heavy atom. The molecular weight excluding hydrogens is 834 g/mol. The fourth-order valence-electron chi connectivity index (χ4n) is 3.96. The van der Waals surface area contributed by atoms with Gasteiger partial charge in [0.15, 0.2) is 0 Å². The molecule has 1 aromatic heterocycles. The number of esters is 4. The normalized spacial score (nSPS) is 10.7. The molecule has 0 atom stereocenters. The number of carbonyl (C=O) groups excluding carboxylic acids is 4. The molecule has 0 spiro atoms. The molecule has 22 nitrogen and oxygen atoms in total. The van der Waals surface area contributed by atoms with Gasteiger partial charge in [-0.1, -0.05) is 26.3 Å². The summed E-state index contributed by atoms with van der Waals surface area (Å²) in [5.74, 6) is -1.77. The first-order chi connectivity index (χ1) is 30.3. The van der Waals surface area contributed by atoms with Crippen LogP contribution in [0.15, 0.2) is 48.6 Å². The van der Waals surface area contributed by atoms with Gasteiger partial charge in [0.05, 0.1) is 85.9 Å². The highest BCUT2D eigenvalue weighted by Crippen LogP contribution is 2.19. The highest BCUT2D eigenvalue weighted by Gasteiger charge is 2.20. The van der Waals surface area contributed by atoms with Gasteiger partial charge in [-0.15, -0.1) is 0 Å². The summed E-state index contributed by atoms with van der Waals surface area (Å²) in [5, 5.41) is 0. The van der Waals surface area contributed by atoms with Crippen LogP contribution >= 0.6 is 0 Å². The van der Waals surface area contributed by atoms with Crippen molar-refractivity contribution in [3.05, 3.63) is 48.6 Å². The molecule has 0 aliphatic rings. The van der Waals surface area contributed by atoms with Crippen LogP contribution in [-0.2, 0) is 76.0 Å². The van der Waals surface area contributed by atoms with E-state index in [1.54, 1.807) is 44.4 Å². The lowest BCUT2D eigenvalue weighted by Crippen LogP contribution is -2.35. The van der Waals surface area contributed by atoms with Gasteiger partial charge in [-0.3, -0.25) is 9.80 Å². The Balaban J connectivity index is 3.07. The second kappa shape index (κ2) is 35.4. The Labute approximate surface area is 369 Å². The molecule has 0 aliphatic carbocycles. The molecule has 1 aromatic rings. The Bertz CT molecular complexity index is 1370. The van der Waals surface area contributed by atoms with Crippen molar-refractivity contribution in [2.75, 3.05) is 149 Å². The molecule has 0 bridgehead atoms. The van der Waals surface area contributed by atoms with Crippen LogP contribution in [0.1, 0.15) is 34.6 Å². The number of aromatic nitrogens is 3. The van der Waals surface area contributed by atoms with E-state index in [9.17, 15) is 19.2 Å². The largest absolute Gasteiger partial charge is 0.464 e. The van der Waals surface area contributed by atoms with Crippen LogP contribution in [0.25, 0.3) is 0 Å². The van der Waals surface area contributed by atoms with E-state index in [2.05, 4.69) is 41.3 Å². The van der Waals surface area contributed by atoms with Crippen molar-refractivity contribution in [1.82, 2.24) is 15.0 Å². The first kappa shape index (κ1) is 55.9. The smallest absolute Gasteiger partial charge is 0.333 e. The number of rotatable bonds is 40. The fraction of sp³-hybridized carbons (Fsp3) is 0.634. The van der Waals surface area contributed by atoms with Crippen molar-refractivity contribution in [2.45, 2.75) is 34.6 Å². The minimum atomic E-state index is -0.503. The average molecular weight is 900 g/mol. The van der Waals surface area contributed by atoms with Crippen molar-refractivity contribution in [1.29, 1.82) is 0 Å². The highest BCUT2D eigenvalue weighted by molar-refractivity contribution is 5.88. The van der Waals surface area contributed by atoms with E-state index in [1.165, 1.54) is 0 Å². The van der Waals surface area contributed by atoms with E-state index in [0.29, 0.717) is 0 Å². The molecule has 0 unspecified atom stereocenters. The molecule has 0 fully saturated rings. The first-order valence-corrected chi connectivity index (χ1v) is 20.1. The lowest BCUT2D eigenvalue weighted by atomic mass is 10.4. The minimum Gasteiger partial charge on any atom is -0.464 e. The van der Waals surface area contributed by atoms with E-state index in [1.807, 2.05) is 0 Å². The quantitative estimate of drug-likeness (QED) is 0.0302. The van der Waals surface area contributed by atoms with Crippen LogP contribution in [0.3, 0.4) is 0 Å². The van der Waals surface area contributed by atoms with Crippen molar-refractivity contribution >= 4 is 35.8 Å². The maximum Gasteiger partial charge on any atom is 0.333 e. The standard InChI is InChI=1S/C41H65N5O17/c1-10-59-41-43-39(45(27-55-15-11-51-19-23-60-35(47)31(2)3)28-56-16-12-52-20-24-61-36(48)32(4)5)42-40(44-41)46(29-57-17-13-53-21-25-62-37(49)33(6)7)30-58-18-14-54-22-26-63-38(50)34(8)9/h2,4,6,8,10-30H2,1,3,5,7,9H3. The van der Waals surface area contributed by atoms with Gasteiger partial charge in [-0.2, -0.15) is 15.0 Å². The molecule has 0 saturated heterocycles. The second-order valence-corrected chi connectivity index (χ2v) is 13.0. The lowest BCUT2D eigenvalue weighted by Gasteiger charge is -2.26. The molecule has 0 aliphatic heterocycles. The Morgan fingerprint density at radius 3 is 0.873 bits per heavy atom. The molecular formula is C41H65N5O17. The van der Waals surface area contributed by atoms with E-state index in [0.717, 1.165) is 0 Å². The maximum absolute atomic E-state index is 11.6. The summed E-state index contributed by atoms with van der Waals surface area (Å²) in [4.78, 5) is 63.2. The van der Waals surface area contributed by atoms with Gasteiger partial charge in [0.25, 0.3) is 0 Å². The minimum absolute atomic E-state index is 0.00642. The van der Waals surface area contributed by atoms with Crippen LogP contribution < -0.4 is 14.5 Å². The Kier molecular flexibility index (Phi) is 31.4. The molecule has 0 aromatic carbocycles. The number of nitrogens with zero attached hydrogens (tertiary/aromatic N) is 5. The summed E-state index contributed by atoms with van der Waals surface area (Å²) in [5.41, 5.74) is 1.16. The number of ether oxygens (including phenoxy) is 13. The topological polar surface area (TPSA) is 233 Å². The van der Waals surface area contributed by atoms with Crippen molar-refractivity contribution < 1.29 is 80.8 Å². The van der Waals surface area contributed by atoms with Crippen molar-refractivity contribution in [3.8, 4) is 6.01 Å². The van der Waals surface area contributed by atoms with Crippen LogP contribution in [-0.4, -0.2) is 178 Å². The summed E-state index contributed by atoms with van der Waals surface area (Å²) in [7, 11) is 0. The lowest BCUT2D eigenvalue weighted by molar-refractivity contribution is -0.141. The van der Waals surface area contributed by atoms with Crippen LogP contribution in [0.4, 0.5) is 11.9 Å². The van der Waals surface area contributed by atoms with Crippen LogP contribution in [0.5, 0.6) is 6.01 Å². The fourth-order valence-corrected chi connectivity index (χ4v) is 3.96. The predicted octanol–water partition coefficient (Wildman–Crippen LogP) is 2.32. The molecule has 22 heteroatoms. The number of hydrogen-bond acceptors (Lipinski definition) is 22. The summed E-state index contributed by atoms with van der Waals surface area (Å²) in [6.45, 7) is 24.3. The van der Waals surface area contributed by atoms with Gasteiger partial charge in [0, 0.05) is 22.3 Å². The zero-order chi connectivity index (χ0) is 46.7. The van der Waals surface area contributed by atoms with Gasteiger partial charge < -0.3 is 61.6 Å². The van der Waals surface area contributed by atoms with Gasteiger partial charge in [0.1, 0.15) is 53.4 Å². The molecule has 356 valence electrons. The molecule has 0 radical (unpaired) electrons. The zero-order valence-electron chi connectivity index (χ0n) is 37.4. The molecule has 0 N–H and O–H groups in total. The summed E-state index contributed by atoms with van der Waals surface area (Å²) < 4.78 is 71.4. The number of anilines is 2. The van der Waals surface area contributed by atoms with Crippen molar-refractivity contribution in [2.24, 2.45) is 0 Å². The van der Waals surface area contributed by atoms with Gasteiger partial charge in [-0.25, -0.2) is 19.2 Å².